The Morgan fingerprint density at radius 1 is 1.45 bits per heavy atom. The minimum Gasteiger partial charge on any atom is -0.325 e. The van der Waals surface area contributed by atoms with E-state index in [1.54, 1.807) is 12.3 Å². The summed E-state index contributed by atoms with van der Waals surface area (Å²) in [4.78, 5) is 16.9. The zero-order valence-corrected chi connectivity index (χ0v) is 11.3. The van der Waals surface area contributed by atoms with Crippen LogP contribution in [0, 0.1) is 0 Å². The number of carbonyl (C=O) groups is 1. The first-order chi connectivity index (χ1) is 10.4. The molecule has 1 aliphatic heterocycles. The average Bonchev–Trinajstić information content (AvgIpc) is 3.02. The molecule has 3 heterocycles. The SMILES string of the molecule is NCc1cn2ncc(CN3CC(C(F)(F)F)NC3=O)cc2n1. The molecule has 0 spiro atoms. The number of nitrogens with two attached hydrogens (primary N) is 1. The van der Waals surface area contributed by atoms with Crippen LogP contribution in [0.5, 0.6) is 0 Å². The van der Waals surface area contributed by atoms with Gasteiger partial charge in [-0.2, -0.15) is 18.3 Å². The Hall–Kier alpha value is -2.36. The summed E-state index contributed by atoms with van der Waals surface area (Å²) in [6, 6.07) is -0.916. The van der Waals surface area contributed by atoms with E-state index < -0.39 is 24.8 Å². The largest absolute Gasteiger partial charge is 0.410 e. The molecule has 1 atom stereocenters. The van der Waals surface area contributed by atoms with E-state index in [0.717, 1.165) is 4.90 Å². The van der Waals surface area contributed by atoms with Gasteiger partial charge in [-0.05, 0) is 11.6 Å². The van der Waals surface area contributed by atoms with Crippen molar-refractivity contribution in [3.05, 3.63) is 29.7 Å². The Bertz CT molecular complexity index is 712. The number of nitrogens with zero attached hydrogens (tertiary/aromatic N) is 4. The van der Waals surface area contributed by atoms with Gasteiger partial charge >= 0.3 is 12.2 Å². The molecule has 0 aliphatic carbocycles. The van der Waals surface area contributed by atoms with Crippen LogP contribution in [0.4, 0.5) is 18.0 Å². The first kappa shape index (κ1) is 14.6. The van der Waals surface area contributed by atoms with Crippen LogP contribution >= 0.6 is 0 Å². The number of urea groups is 1. The molecule has 3 N–H and O–H groups in total. The normalized spacial score (nSPS) is 19.0. The van der Waals surface area contributed by atoms with Crippen molar-refractivity contribution in [2.24, 2.45) is 5.73 Å². The highest BCUT2D eigenvalue weighted by Gasteiger charge is 2.46. The Labute approximate surface area is 122 Å². The van der Waals surface area contributed by atoms with E-state index in [1.165, 1.54) is 10.7 Å². The lowest BCUT2D eigenvalue weighted by Crippen LogP contribution is -2.40. The van der Waals surface area contributed by atoms with Crippen molar-refractivity contribution in [1.82, 2.24) is 24.8 Å². The quantitative estimate of drug-likeness (QED) is 0.870. The molecular weight excluding hydrogens is 301 g/mol. The highest BCUT2D eigenvalue weighted by atomic mass is 19.4. The van der Waals surface area contributed by atoms with Gasteiger partial charge in [0.2, 0.25) is 0 Å². The monoisotopic (exact) mass is 314 g/mol. The number of hydrogen-bond acceptors (Lipinski definition) is 4. The number of carbonyl (C=O) groups excluding carboxylic acids is 1. The Balaban J connectivity index is 1.77. The number of rotatable bonds is 3. The molecule has 7 nitrogen and oxygen atoms in total. The van der Waals surface area contributed by atoms with E-state index in [-0.39, 0.29) is 13.1 Å². The number of fused-ring (bicyclic) bond motifs is 1. The van der Waals surface area contributed by atoms with Crippen molar-refractivity contribution in [2.45, 2.75) is 25.3 Å². The summed E-state index contributed by atoms with van der Waals surface area (Å²) in [6.45, 7) is -0.122. The fraction of sp³-hybridized carbons (Fsp3) is 0.417. The molecule has 1 fully saturated rings. The predicted octanol–water partition coefficient (Wildman–Crippen LogP) is 0.644. The van der Waals surface area contributed by atoms with Crippen LogP contribution in [-0.4, -0.2) is 44.3 Å². The Morgan fingerprint density at radius 3 is 2.86 bits per heavy atom. The summed E-state index contributed by atoms with van der Waals surface area (Å²) in [5, 5.41) is 6.02. The maximum atomic E-state index is 12.6. The van der Waals surface area contributed by atoms with Crippen LogP contribution in [-0.2, 0) is 13.1 Å². The summed E-state index contributed by atoms with van der Waals surface area (Å²) in [6.07, 6.45) is -1.30. The Kier molecular flexibility index (Phi) is 3.39. The van der Waals surface area contributed by atoms with Crippen molar-refractivity contribution in [1.29, 1.82) is 0 Å². The third kappa shape index (κ3) is 2.69. The van der Waals surface area contributed by atoms with E-state index >= 15 is 0 Å². The first-order valence-electron chi connectivity index (χ1n) is 6.52. The molecule has 2 aromatic heterocycles. The van der Waals surface area contributed by atoms with Gasteiger partial charge < -0.3 is 16.0 Å². The van der Waals surface area contributed by atoms with Crippen molar-refractivity contribution in [2.75, 3.05) is 6.54 Å². The summed E-state index contributed by atoms with van der Waals surface area (Å²) < 4.78 is 39.4. The van der Waals surface area contributed by atoms with Gasteiger partial charge in [0, 0.05) is 13.1 Å². The van der Waals surface area contributed by atoms with Gasteiger partial charge in [-0.1, -0.05) is 0 Å². The van der Waals surface area contributed by atoms with Gasteiger partial charge in [-0.25, -0.2) is 14.3 Å². The highest BCUT2D eigenvalue weighted by molar-refractivity contribution is 5.77. The second kappa shape index (κ2) is 5.13. The smallest absolute Gasteiger partial charge is 0.325 e. The number of halogens is 3. The van der Waals surface area contributed by atoms with Gasteiger partial charge in [0.15, 0.2) is 5.65 Å². The Morgan fingerprint density at radius 2 is 2.23 bits per heavy atom. The van der Waals surface area contributed by atoms with E-state index in [1.807, 2.05) is 5.32 Å². The maximum absolute atomic E-state index is 12.6. The van der Waals surface area contributed by atoms with Crippen molar-refractivity contribution in [3.63, 3.8) is 0 Å². The molecule has 0 radical (unpaired) electrons. The van der Waals surface area contributed by atoms with E-state index in [4.69, 9.17) is 5.73 Å². The average molecular weight is 314 g/mol. The molecule has 1 unspecified atom stereocenters. The maximum Gasteiger partial charge on any atom is 0.410 e. The number of alkyl halides is 3. The molecule has 118 valence electrons. The minimum absolute atomic E-state index is 0.0345. The van der Waals surface area contributed by atoms with E-state index in [9.17, 15) is 18.0 Å². The molecule has 10 heteroatoms. The topological polar surface area (TPSA) is 88.5 Å². The molecule has 22 heavy (non-hydrogen) atoms. The second-order valence-corrected chi connectivity index (χ2v) is 5.03. The van der Waals surface area contributed by atoms with Crippen LogP contribution < -0.4 is 11.1 Å². The van der Waals surface area contributed by atoms with Gasteiger partial charge in [0.25, 0.3) is 0 Å². The predicted molar refractivity (Wildman–Crippen MR) is 69.7 cm³/mol. The van der Waals surface area contributed by atoms with Crippen molar-refractivity contribution >= 4 is 11.7 Å². The van der Waals surface area contributed by atoms with Gasteiger partial charge in [-0.3, -0.25) is 0 Å². The third-order valence-electron chi connectivity index (χ3n) is 3.39. The van der Waals surface area contributed by atoms with Crippen molar-refractivity contribution < 1.29 is 18.0 Å². The number of imidazole rings is 1. The lowest BCUT2D eigenvalue weighted by molar-refractivity contribution is -0.149. The van der Waals surface area contributed by atoms with Crippen LogP contribution in [0.15, 0.2) is 18.5 Å². The molecule has 2 amide bonds. The summed E-state index contributed by atoms with van der Waals surface area (Å²) in [7, 11) is 0. The second-order valence-electron chi connectivity index (χ2n) is 5.03. The van der Waals surface area contributed by atoms with Crippen LogP contribution in [0.3, 0.4) is 0 Å². The zero-order chi connectivity index (χ0) is 15.9. The molecule has 0 bridgehead atoms. The molecule has 3 rings (SSSR count). The summed E-state index contributed by atoms with van der Waals surface area (Å²) in [5.41, 5.74) is 7.27. The van der Waals surface area contributed by atoms with Gasteiger partial charge in [0.1, 0.15) is 6.04 Å². The third-order valence-corrected chi connectivity index (χ3v) is 3.39. The first-order valence-corrected chi connectivity index (χ1v) is 6.52. The number of nitrogens with one attached hydrogen (secondary N) is 1. The number of amides is 2. The van der Waals surface area contributed by atoms with Crippen LogP contribution in [0.1, 0.15) is 11.3 Å². The lowest BCUT2D eigenvalue weighted by Gasteiger charge is -2.15. The lowest BCUT2D eigenvalue weighted by atomic mass is 10.2. The van der Waals surface area contributed by atoms with Gasteiger partial charge in [-0.15, -0.1) is 0 Å². The fourth-order valence-corrected chi connectivity index (χ4v) is 2.28. The van der Waals surface area contributed by atoms with Crippen molar-refractivity contribution in [3.8, 4) is 0 Å². The van der Waals surface area contributed by atoms with Crippen LogP contribution in [0.25, 0.3) is 5.65 Å². The highest BCUT2D eigenvalue weighted by Crippen LogP contribution is 2.25. The van der Waals surface area contributed by atoms with Crippen LogP contribution in [0.2, 0.25) is 0 Å². The van der Waals surface area contributed by atoms with E-state index in [2.05, 4.69) is 10.1 Å². The minimum atomic E-state index is -4.45. The summed E-state index contributed by atoms with van der Waals surface area (Å²) >= 11 is 0. The fourth-order valence-electron chi connectivity index (χ4n) is 2.28. The summed E-state index contributed by atoms with van der Waals surface area (Å²) in [5.74, 6) is 0. The molecule has 0 saturated carbocycles. The number of hydrogen-bond donors (Lipinski definition) is 2. The zero-order valence-electron chi connectivity index (χ0n) is 11.3. The van der Waals surface area contributed by atoms with E-state index in [0.29, 0.717) is 16.9 Å². The molecule has 2 aromatic rings. The molecule has 1 saturated heterocycles. The number of aromatic nitrogens is 3. The molecular formula is C12H13F3N6O. The molecule has 1 aliphatic rings. The standard InChI is InChI=1S/C12H13F3N6O/c13-12(14,15)9-6-20(11(22)19-9)4-7-1-10-18-8(2-16)5-21(10)17-3-7/h1,3,5,9H,2,4,6,16H2,(H,19,22). The molecule has 0 aromatic carbocycles. The van der Waals surface area contributed by atoms with Gasteiger partial charge in [0.05, 0.1) is 24.6 Å².